The zero-order chi connectivity index (χ0) is 16.4. The second kappa shape index (κ2) is 6.34. The van der Waals surface area contributed by atoms with Crippen LogP contribution in [0.25, 0.3) is 0 Å². The number of para-hydroxylation sites is 1. The van der Waals surface area contributed by atoms with E-state index in [1.54, 1.807) is 11.3 Å². The maximum Gasteiger partial charge on any atom is 0.240 e. The molecule has 2 amide bonds. The topological polar surface area (TPSA) is 61.8 Å². The van der Waals surface area contributed by atoms with E-state index in [-0.39, 0.29) is 17.9 Å². The second-order valence-electron chi connectivity index (χ2n) is 5.37. The van der Waals surface area contributed by atoms with Crippen LogP contribution in [-0.4, -0.2) is 22.5 Å². The molecule has 1 aromatic heterocycles. The molecule has 1 aliphatic rings. The van der Waals surface area contributed by atoms with Gasteiger partial charge in [0.1, 0.15) is 0 Å². The van der Waals surface area contributed by atoms with Crippen molar-refractivity contribution in [1.82, 2.24) is 5.01 Å². The molecule has 3 rings (SSSR count). The molecular formula is C17H17N3O2S. The second-order valence-corrected chi connectivity index (χ2v) is 6.35. The molecule has 2 heterocycles. The van der Waals surface area contributed by atoms with E-state index in [4.69, 9.17) is 0 Å². The molecule has 118 valence electrons. The number of hydrogen-bond donors (Lipinski definition) is 1. The van der Waals surface area contributed by atoms with E-state index in [1.165, 1.54) is 18.9 Å². The average molecular weight is 327 g/mol. The monoisotopic (exact) mass is 327 g/mol. The molecule has 1 aliphatic heterocycles. The fourth-order valence-corrected chi connectivity index (χ4v) is 3.51. The summed E-state index contributed by atoms with van der Waals surface area (Å²) in [5, 5.41) is 10.9. The van der Waals surface area contributed by atoms with Crippen LogP contribution in [0.4, 0.5) is 5.69 Å². The largest absolute Gasteiger partial charge is 0.326 e. The van der Waals surface area contributed by atoms with Crippen molar-refractivity contribution in [2.75, 3.05) is 5.32 Å². The Morgan fingerprint density at radius 3 is 2.65 bits per heavy atom. The summed E-state index contributed by atoms with van der Waals surface area (Å²) in [6, 6.07) is 11.4. The number of amides is 2. The molecule has 23 heavy (non-hydrogen) atoms. The number of rotatable bonds is 3. The van der Waals surface area contributed by atoms with Crippen molar-refractivity contribution in [1.29, 1.82) is 0 Å². The highest BCUT2D eigenvalue weighted by Gasteiger charge is 2.32. The summed E-state index contributed by atoms with van der Waals surface area (Å²) in [7, 11) is 0. The SMILES string of the molecule is CC(=O)Nc1ccccc1C1=NN(C(C)=O)[C@@H](c2cccs2)C1. The standard InChI is InChI=1S/C17H17N3O2S/c1-11(21)18-14-7-4-3-6-13(14)15-10-16(17-8-5-9-23-17)20(19-15)12(2)22/h3-9,16H,10H2,1-2H3,(H,18,21)/t16-/m1/s1. The van der Waals surface area contributed by atoms with Crippen molar-refractivity contribution >= 4 is 34.6 Å². The van der Waals surface area contributed by atoms with E-state index in [0.29, 0.717) is 12.1 Å². The van der Waals surface area contributed by atoms with Gasteiger partial charge in [-0.15, -0.1) is 11.3 Å². The highest BCUT2D eigenvalue weighted by Crippen LogP contribution is 2.36. The van der Waals surface area contributed by atoms with Gasteiger partial charge >= 0.3 is 0 Å². The van der Waals surface area contributed by atoms with Crippen LogP contribution in [0.15, 0.2) is 46.9 Å². The molecule has 1 N–H and O–H groups in total. The quantitative estimate of drug-likeness (QED) is 0.939. The van der Waals surface area contributed by atoms with E-state index < -0.39 is 0 Å². The third-order valence-electron chi connectivity index (χ3n) is 3.65. The van der Waals surface area contributed by atoms with Crippen LogP contribution in [0.3, 0.4) is 0 Å². The molecule has 0 bridgehead atoms. The summed E-state index contributed by atoms with van der Waals surface area (Å²) >= 11 is 1.62. The highest BCUT2D eigenvalue weighted by molar-refractivity contribution is 7.10. The number of carbonyl (C=O) groups excluding carboxylic acids is 2. The third kappa shape index (κ3) is 3.17. The first-order valence-electron chi connectivity index (χ1n) is 7.34. The van der Waals surface area contributed by atoms with Gasteiger partial charge in [0.25, 0.3) is 0 Å². The van der Waals surface area contributed by atoms with Gasteiger partial charge < -0.3 is 5.32 Å². The van der Waals surface area contributed by atoms with Crippen molar-refractivity contribution in [3.05, 3.63) is 52.2 Å². The number of nitrogens with one attached hydrogen (secondary N) is 1. The van der Waals surface area contributed by atoms with Crippen molar-refractivity contribution in [3.8, 4) is 0 Å². The number of benzene rings is 1. The van der Waals surface area contributed by atoms with E-state index in [0.717, 1.165) is 16.2 Å². The zero-order valence-electron chi connectivity index (χ0n) is 12.9. The average Bonchev–Trinajstić information content (AvgIpc) is 3.16. The van der Waals surface area contributed by atoms with E-state index in [1.807, 2.05) is 41.8 Å². The Balaban J connectivity index is 1.96. The third-order valence-corrected chi connectivity index (χ3v) is 4.63. The first-order valence-corrected chi connectivity index (χ1v) is 8.22. The van der Waals surface area contributed by atoms with Gasteiger partial charge in [0.15, 0.2) is 0 Å². The number of hydrazone groups is 1. The first-order chi connectivity index (χ1) is 11.1. The molecule has 0 saturated heterocycles. The van der Waals surface area contributed by atoms with Gasteiger partial charge in [0, 0.05) is 36.4 Å². The van der Waals surface area contributed by atoms with Gasteiger partial charge in [-0.25, -0.2) is 5.01 Å². The minimum atomic E-state index is -0.130. The van der Waals surface area contributed by atoms with Crippen molar-refractivity contribution in [3.63, 3.8) is 0 Å². The highest BCUT2D eigenvalue weighted by atomic mass is 32.1. The lowest BCUT2D eigenvalue weighted by Gasteiger charge is -2.18. The van der Waals surface area contributed by atoms with Crippen LogP contribution in [0.2, 0.25) is 0 Å². The van der Waals surface area contributed by atoms with Crippen LogP contribution in [0, 0.1) is 0 Å². The minimum Gasteiger partial charge on any atom is -0.326 e. The summed E-state index contributed by atoms with van der Waals surface area (Å²) in [4.78, 5) is 24.4. The van der Waals surface area contributed by atoms with Crippen molar-refractivity contribution in [2.24, 2.45) is 5.10 Å². The maximum atomic E-state index is 11.9. The van der Waals surface area contributed by atoms with Gasteiger partial charge in [-0.1, -0.05) is 24.3 Å². The molecular weight excluding hydrogens is 310 g/mol. The molecule has 2 aromatic rings. The predicted octanol–water partition coefficient (Wildman–Crippen LogP) is 3.40. The van der Waals surface area contributed by atoms with Crippen LogP contribution in [-0.2, 0) is 9.59 Å². The van der Waals surface area contributed by atoms with E-state index >= 15 is 0 Å². The molecule has 1 atom stereocenters. The Morgan fingerprint density at radius 2 is 2.00 bits per heavy atom. The first kappa shape index (κ1) is 15.4. The Labute approximate surface area is 138 Å². The summed E-state index contributed by atoms with van der Waals surface area (Å²) in [5.74, 6) is -0.218. The molecule has 0 saturated carbocycles. The summed E-state index contributed by atoms with van der Waals surface area (Å²) in [6.45, 7) is 3.00. The van der Waals surface area contributed by atoms with Crippen LogP contribution in [0.5, 0.6) is 0 Å². The number of nitrogens with zero attached hydrogens (tertiary/aromatic N) is 2. The molecule has 0 aliphatic carbocycles. The Bertz CT molecular complexity index is 768. The lowest BCUT2D eigenvalue weighted by atomic mass is 10.0. The molecule has 1 aromatic carbocycles. The lowest BCUT2D eigenvalue weighted by Crippen LogP contribution is -2.23. The molecule has 0 unspecified atom stereocenters. The lowest BCUT2D eigenvalue weighted by molar-refractivity contribution is -0.130. The van der Waals surface area contributed by atoms with Crippen molar-refractivity contribution in [2.45, 2.75) is 26.3 Å². The Hall–Kier alpha value is -2.47. The molecule has 0 fully saturated rings. The summed E-state index contributed by atoms with van der Waals surface area (Å²) in [5.41, 5.74) is 2.38. The molecule has 0 spiro atoms. The predicted molar refractivity (Wildman–Crippen MR) is 91.5 cm³/mol. The van der Waals surface area contributed by atoms with Crippen LogP contribution >= 0.6 is 11.3 Å². The van der Waals surface area contributed by atoms with Crippen LogP contribution in [0.1, 0.15) is 36.8 Å². The van der Waals surface area contributed by atoms with Crippen LogP contribution < -0.4 is 5.32 Å². The Morgan fingerprint density at radius 1 is 1.22 bits per heavy atom. The normalized spacial score (nSPS) is 17.0. The van der Waals surface area contributed by atoms with E-state index in [2.05, 4.69) is 10.4 Å². The fourth-order valence-electron chi connectivity index (χ4n) is 2.70. The number of anilines is 1. The number of carbonyl (C=O) groups is 2. The molecule has 6 heteroatoms. The summed E-state index contributed by atoms with van der Waals surface area (Å²) < 4.78 is 0. The van der Waals surface area contributed by atoms with E-state index in [9.17, 15) is 9.59 Å². The summed E-state index contributed by atoms with van der Waals surface area (Å²) in [6.07, 6.45) is 0.636. The Kier molecular flexibility index (Phi) is 4.25. The van der Waals surface area contributed by atoms with Gasteiger partial charge in [-0.3, -0.25) is 9.59 Å². The van der Waals surface area contributed by atoms with Gasteiger partial charge in [-0.2, -0.15) is 5.10 Å². The maximum absolute atomic E-state index is 11.9. The number of hydrogen-bond acceptors (Lipinski definition) is 4. The van der Waals surface area contributed by atoms with Gasteiger partial charge in [0.05, 0.1) is 11.8 Å². The number of thiophene rings is 1. The van der Waals surface area contributed by atoms with Gasteiger partial charge in [-0.05, 0) is 17.5 Å². The smallest absolute Gasteiger partial charge is 0.240 e. The van der Waals surface area contributed by atoms with Gasteiger partial charge in [0.2, 0.25) is 11.8 Å². The minimum absolute atomic E-state index is 0.0760. The molecule has 0 radical (unpaired) electrons. The fraction of sp³-hybridized carbons (Fsp3) is 0.235. The zero-order valence-corrected chi connectivity index (χ0v) is 13.8. The van der Waals surface area contributed by atoms with Crippen molar-refractivity contribution < 1.29 is 9.59 Å². The molecule has 5 nitrogen and oxygen atoms in total.